The van der Waals surface area contributed by atoms with E-state index < -0.39 is 24.0 Å². The highest BCUT2D eigenvalue weighted by atomic mass is 16.4. The monoisotopic (exact) mass is 348 g/mol. The van der Waals surface area contributed by atoms with Crippen LogP contribution in [0.15, 0.2) is 30.3 Å². The summed E-state index contributed by atoms with van der Waals surface area (Å²) in [7, 11) is 0. The third-order valence-corrected chi connectivity index (χ3v) is 3.77. The summed E-state index contributed by atoms with van der Waals surface area (Å²) in [6.45, 7) is 7.38. The van der Waals surface area contributed by atoms with E-state index in [2.05, 4.69) is 10.6 Å². The first kappa shape index (κ1) is 20.7. The highest BCUT2D eigenvalue weighted by Crippen LogP contribution is 2.21. The number of rotatable bonds is 8. The number of carboxylic acid groups (broad SMARTS) is 1. The Morgan fingerprint density at radius 2 is 1.64 bits per heavy atom. The van der Waals surface area contributed by atoms with E-state index in [1.807, 2.05) is 51.1 Å². The summed E-state index contributed by atoms with van der Waals surface area (Å²) in [6.07, 6.45) is 1.30. The first-order chi connectivity index (χ1) is 11.6. The van der Waals surface area contributed by atoms with Gasteiger partial charge in [0.2, 0.25) is 11.8 Å². The minimum Gasteiger partial charge on any atom is -0.480 e. The maximum absolute atomic E-state index is 12.5. The molecule has 2 amide bonds. The third kappa shape index (κ3) is 8.33. The van der Waals surface area contributed by atoms with E-state index in [-0.39, 0.29) is 11.3 Å². The van der Waals surface area contributed by atoms with Crippen LogP contribution >= 0.6 is 0 Å². The molecule has 0 aliphatic rings. The fourth-order valence-electron chi connectivity index (χ4n) is 2.41. The van der Waals surface area contributed by atoms with Gasteiger partial charge in [-0.1, -0.05) is 51.1 Å². The summed E-state index contributed by atoms with van der Waals surface area (Å²) in [4.78, 5) is 35.4. The molecule has 6 nitrogen and oxygen atoms in total. The zero-order valence-corrected chi connectivity index (χ0v) is 15.3. The lowest BCUT2D eigenvalue weighted by Gasteiger charge is -2.24. The first-order valence-electron chi connectivity index (χ1n) is 8.42. The molecule has 25 heavy (non-hydrogen) atoms. The molecule has 0 aliphatic carbocycles. The molecule has 138 valence electrons. The maximum atomic E-state index is 12.5. The van der Waals surface area contributed by atoms with E-state index in [1.54, 1.807) is 0 Å². The van der Waals surface area contributed by atoms with Crippen molar-refractivity contribution in [3.8, 4) is 0 Å². The number of hydrogen-bond acceptors (Lipinski definition) is 3. The predicted molar refractivity (Wildman–Crippen MR) is 96.0 cm³/mol. The SMILES string of the molecule is CC(=O)N[C@@H](Cc1ccccc1)C(=O)N[C@@H](CCC(C)(C)C)C(=O)O. The Morgan fingerprint density at radius 1 is 1.04 bits per heavy atom. The molecule has 2 atom stereocenters. The Kier molecular flexibility index (Phi) is 7.61. The Balaban J connectivity index is 2.80. The Hall–Kier alpha value is -2.37. The molecule has 0 radical (unpaired) electrons. The van der Waals surface area contributed by atoms with Gasteiger partial charge < -0.3 is 15.7 Å². The van der Waals surface area contributed by atoms with Crippen LogP contribution in [0.25, 0.3) is 0 Å². The lowest BCUT2D eigenvalue weighted by Crippen LogP contribution is -2.52. The van der Waals surface area contributed by atoms with Gasteiger partial charge in [-0.25, -0.2) is 4.79 Å². The normalized spacial score (nSPS) is 13.6. The highest BCUT2D eigenvalue weighted by Gasteiger charge is 2.27. The van der Waals surface area contributed by atoms with Gasteiger partial charge in [-0.15, -0.1) is 0 Å². The van der Waals surface area contributed by atoms with Crippen LogP contribution in [0.5, 0.6) is 0 Å². The summed E-state index contributed by atoms with van der Waals surface area (Å²) in [5.74, 6) is -1.89. The van der Waals surface area contributed by atoms with Crippen LogP contribution in [-0.4, -0.2) is 35.0 Å². The largest absolute Gasteiger partial charge is 0.480 e. The van der Waals surface area contributed by atoms with Crippen molar-refractivity contribution >= 4 is 17.8 Å². The number of benzene rings is 1. The molecule has 1 aromatic rings. The van der Waals surface area contributed by atoms with Crippen molar-refractivity contribution in [2.75, 3.05) is 0 Å². The second-order valence-electron chi connectivity index (χ2n) is 7.44. The smallest absolute Gasteiger partial charge is 0.326 e. The van der Waals surface area contributed by atoms with Gasteiger partial charge in [-0.3, -0.25) is 9.59 Å². The van der Waals surface area contributed by atoms with Crippen LogP contribution in [0.3, 0.4) is 0 Å². The van der Waals surface area contributed by atoms with E-state index in [9.17, 15) is 19.5 Å². The topological polar surface area (TPSA) is 95.5 Å². The van der Waals surface area contributed by atoms with Gasteiger partial charge in [0.05, 0.1) is 0 Å². The molecule has 0 heterocycles. The molecule has 1 aromatic carbocycles. The van der Waals surface area contributed by atoms with Crippen LogP contribution in [0.2, 0.25) is 0 Å². The van der Waals surface area contributed by atoms with Crippen molar-refractivity contribution in [3.63, 3.8) is 0 Å². The molecular formula is C19H28N2O4. The number of carboxylic acids is 1. The fraction of sp³-hybridized carbons (Fsp3) is 0.526. The van der Waals surface area contributed by atoms with Crippen molar-refractivity contribution in [1.82, 2.24) is 10.6 Å². The second-order valence-corrected chi connectivity index (χ2v) is 7.44. The molecule has 6 heteroatoms. The number of carbonyl (C=O) groups is 3. The van der Waals surface area contributed by atoms with Crippen LogP contribution in [0, 0.1) is 5.41 Å². The van der Waals surface area contributed by atoms with E-state index in [0.29, 0.717) is 19.3 Å². The molecule has 0 aromatic heterocycles. The van der Waals surface area contributed by atoms with Gasteiger partial charge in [0.25, 0.3) is 0 Å². The molecule has 0 unspecified atom stereocenters. The van der Waals surface area contributed by atoms with Crippen LogP contribution in [0.4, 0.5) is 0 Å². The molecule has 0 aliphatic heterocycles. The Bertz CT molecular complexity index is 593. The van der Waals surface area contributed by atoms with E-state index in [1.165, 1.54) is 6.92 Å². The van der Waals surface area contributed by atoms with Gasteiger partial charge in [0, 0.05) is 13.3 Å². The Labute approximate surface area is 149 Å². The summed E-state index contributed by atoms with van der Waals surface area (Å²) in [5, 5.41) is 14.5. The number of amides is 2. The lowest BCUT2D eigenvalue weighted by molar-refractivity contribution is -0.142. The number of hydrogen-bond donors (Lipinski definition) is 3. The number of nitrogens with one attached hydrogen (secondary N) is 2. The fourth-order valence-corrected chi connectivity index (χ4v) is 2.41. The minimum absolute atomic E-state index is 0.0283. The predicted octanol–water partition coefficient (Wildman–Crippen LogP) is 2.13. The van der Waals surface area contributed by atoms with Crippen molar-refractivity contribution in [1.29, 1.82) is 0 Å². The van der Waals surface area contributed by atoms with Crippen LogP contribution in [0.1, 0.15) is 46.1 Å². The molecule has 0 spiro atoms. The summed E-state index contributed by atoms with van der Waals surface area (Å²) in [5.41, 5.74) is 0.859. The molecule has 3 N–H and O–H groups in total. The maximum Gasteiger partial charge on any atom is 0.326 e. The number of carbonyl (C=O) groups excluding carboxylic acids is 2. The average molecular weight is 348 g/mol. The first-order valence-corrected chi connectivity index (χ1v) is 8.42. The number of aliphatic carboxylic acids is 1. The zero-order valence-electron chi connectivity index (χ0n) is 15.3. The van der Waals surface area contributed by atoms with Gasteiger partial charge in [-0.2, -0.15) is 0 Å². The standard InChI is InChI=1S/C19H28N2O4/c1-13(22)20-16(12-14-8-6-5-7-9-14)17(23)21-15(18(24)25)10-11-19(2,3)4/h5-9,15-16H,10-12H2,1-4H3,(H,20,22)(H,21,23)(H,24,25)/t15-,16-/m0/s1. The average Bonchev–Trinajstić information content (AvgIpc) is 2.50. The zero-order chi connectivity index (χ0) is 19.0. The minimum atomic E-state index is -1.07. The van der Waals surface area contributed by atoms with Crippen molar-refractivity contribution in [2.45, 2.75) is 59.0 Å². The molecular weight excluding hydrogens is 320 g/mol. The van der Waals surface area contributed by atoms with Gasteiger partial charge >= 0.3 is 5.97 Å². The highest BCUT2D eigenvalue weighted by molar-refractivity contribution is 5.90. The molecule has 0 saturated carbocycles. The van der Waals surface area contributed by atoms with Crippen molar-refractivity contribution in [3.05, 3.63) is 35.9 Å². The summed E-state index contributed by atoms with van der Waals surface area (Å²) in [6, 6.07) is 7.50. The third-order valence-electron chi connectivity index (χ3n) is 3.77. The van der Waals surface area contributed by atoms with Gasteiger partial charge in [-0.05, 0) is 23.8 Å². The molecule has 0 saturated heterocycles. The van der Waals surface area contributed by atoms with Crippen LogP contribution in [-0.2, 0) is 20.8 Å². The van der Waals surface area contributed by atoms with Gasteiger partial charge in [0.15, 0.2) is 0 Å². The molecule has 0 fully saturated rings. The second kappa shape index (κ2) is 9.20. The van der Waals surface area contributed by atoms with Crippen LogP contribution < -0.4 is 10.6 Å². The summed E-state index contributed by atoms with van der Waals surface area (Å²) >= 11 is 0. The van der Waals surface area contributed by atoms with Crippen molar-refractivity contribution < 1.29 is 19.5 Å². The quantitative estimate of drug-likeness (QED) is 0.670. The van der Waals surface area contributed by atoms with Crippen molar-refractivity contribution in [2.24, 2.45) is 5.41 Å². The lowest BCUT2D eigenvalue weighted by atomic mass is 9.88. The molecule has 1 rings (SSSR count). The molecule has 0 bridgehead atoms. The van der Waals surface area contributed by atoms with E-state index in [0.717, 1.165) is 5.56 Å². The summed E-state index contributed by atoms with van der Waals surface area (Å²) < 4.78 is 0. The van der Waals surface area contributed by atoms with Gasteiger partial charge in [0.1, 0.15) is 12.1 Å². The Morgan fingerprint density at radius 3 is 2.12 bits per heavy atom. The van der Waals surface area contributed by atoms with E-state index in [4.69, 9.17) is 0 Å². The van der Waals surface area contributed by atoms with E-state index >= 15 is 0 Å².